The summed E-state index contributed by atoms with van der Waals surface area (Å²) < 4.78 is 1.66. The maximum atomic E-state index is 11.9. The molecule has 11 heteroatoms. The van der Waals surface area contributed by atoms with E-state index >= 15 is 0 Å². The number of urea groups is 1. The fourth-order valence-electron chi connectivity index (χ4n) is 3.35. The molecule has 5 N–H and O–H groups in total. The summed E-state index contributed by atoms with van der Waals surface area (Å²) >= 11 is 0. The molecule has 3 aromatic rings. The number of rotatable bonds is 6. The van der Waals surface area contributed by atoms with Crippen molar-refractivity contribution in [3.8, 4) is 0 Å². The topological polar surface area (TPSA) is 142 Å². The predicted octanol–water partition coefficient (Wildman–Crippen LogP) is 2.19. The highest BCUT2D eigenvalue weighted by Gasteiger charge is 2.25. The van der Waals surface area contributed by atoms with Crippen LogP contribution in [0.4, 0.5) is 27.8 Å². The second-order valence-electron chi connectivity index (χ2n) is 7.63. The minimum absolute atomic E-state index is 0.129. The van der Waals surface area contributed by atoms with E-state index in [1.54, 1.807) is 22.8 Å². The largest absolute Gasteiger partial charge is 0.367 e. The van der Waals surface area contributed by atoms with Gasteiger partial charge in [0.25, 0.3) is 5.91 Å². The molecule has 3 heterocycles. The minimum atomic E-state index is -0.566. The number of amides is 4. The first-order valence-electron chi connectivity index (χ1n) is 10.1. The van der Waals surface area contributed by atoms with Crippen LogP contribution in [0.1, 0.15) is 25.3 Å². The summed E-state index contributed by atoms with van der Waals surface area (Å²) in [6.45, 7) is 1.45. The highest BCUT2D eigenvalue weighted by Crippen LogP contribution is 2.29. The first kappa shape index (κ1) is 19.5. The molecule has 0 unspecified atom stereocenters. The number of carbonyl (C=O) groups excluding carboxylic acids is 3. The van der Waals surface area contributed by atoms with Gasteiger partial charge >= 0.3 is 6.03 Å². The quantitative estimate of drug-likeness (QED) is 0.297. The number of nitrogens with one attached hydrogen (secondary N) is 5. The Morgan fingerprint density at radius 1 is 1.19 bits per heavy atom. The van der Waals surface area contributed by atoms with Crippen molar-refractivity contribution in [1.82, 2.24) is 25.2 Å². The van der Waals surface area contributed by atoms with Crippen molar-refractivity contribution in [2.75, 3.05) is 16.0 Å². The minimum Gasteiger partial charge on any atom is -0.367 e. The summed E-state index contributed by atoms with van der Waals surface area (Å²) in [5, 5.41) is 18.5. The van der Waals surface area contributed by atoms with Gasteiger partial charge in [-0.3, -0.25) is 14.9 Å². The van der Waals surface area contributed by atoms with E-state index in [4.69, 9.17) is 0 Å². The summed E-state index contributed by atoms with van der Waals surface area (Å²) in [4.78, 5) is 39.4. The second-order valence-corrected chi connectivity index (χ2v) is 7.63. The molecular formula is C21H20N8O3. The number of fused-ring (bicyclic) bond motifs is 1. The molecule has 2 fully saturated rings. The van der Waals surface area contributed by atoms with Gasteiger partial charge in [0.05, 0.1) is 6.20 Å². The number of anilines is 4. The van der Waals surface area contributed by atoms with Crippen molar-refractivity contribution in [2.45, 2.75) is 25.8 Å². The number of benzene rings is 1. The Bertz CT molecular complexity index is 1290. The fraction of sp³-hybridized carbons (Fsp3) is 0.190. The average Bonchev–Trinajstić information content (AvgIpc) is 3.36. The molecule has 0 spiro atoms. The Balaban J connectivity index is 1.53. The maximum Gasteiger partial charge on any atom is 0.326 e. The summed E-state index contributed by atoms with van der Waals surface area (Å²) in [5.41, 5.74) is 2.62. The lowest BCUT2D eigenvalue weighted by Crippen LogP contribution is -2.22. The molecule has 1 saturated heterocycles. The van der Waals surface area contributed by atoms with Crippen molar-refractivity contribution in [2.24, 2.45) is 0 Å². The summed E-state index contributed by atoms with van der Waals surface area (Å²) in [6.07, 6.45) is 5.29. The van der Waals surface area contributed by atoms with Crippen LogP contribution in [0.3, 0.4) is 0 Å². The molecule has 32 heavy (non-hydrogen) atoms. The Kier molecular flexibility index (Phi) is 4.70. The maximum absolute atomic E-state index is 11.9. The normalized spacial score (nSPS) is 16.7. The van der Waals surface area contributed by atoms with E-state index in [1.165, 1.54) is 13.0 Å². The number of nitrogens with zero attached hydrogens (tertiary/aromatic N) is 3. The molecule has 0 bridgehead atoms. The molecule has 1 saturated carbocycles. The summed E-state index contributed by atoms with van der Waals surface area (Å²) in [6, 6.07) is 8.95. The van der Waals surface area contributed by atoms with E-state index in [0.717, 1.165) is 24.3 Å². The highest BCUT2D eigenvalue weighted by atomic mass is 16.2. The molecular weight excluding hydrogens is 412 g/mol. The number of carbonyl (C=O) groups is 3. The van der Waals surface area contributed by atoms with Gasteiger partial charge < -0.3 is 21.3 Å². The Morgan fingerprint density at radius 3 is 2.72 bits per heavy atom. The lowest BCUT2D eigenvalue weighted by Gasteiger charge is -2.12. The lowest BCUT2D eigenvalue weighted by atomic mass is 10.2. The summed E-state index contributed by atoms with van der Waals surface area (Å²) in [5.74, 6) is 0.649. The van der Waals surface area contributed by atoms with Crippen molar-refractivity contribution >= 4 is 52.6 Å². The van der Waals surface area contributed by atoms with Crippen LogP contribution < -0.4 is 26.6 Å². The molecule has 1 aliphatic carbocycles. The van der Waals surface area contributed by atoms with Gasteiger partial charge in [-0.05, 0) is 37.1 Å². The third-order valence-electron chi connectivity index (χ3n) is 4.90. The van der Waals surface area contributed by atoms with E-state index in [-0.39, 0.29) is 11.6 Å². The zero-order valence-electron chi connectivity index (χ0n) is 17.1. The first-order chi connectivity index (χ1) is 15.4. The van der Waals surface area contributed by atoms with E-state index < -0.39 is 11.9 Å². The number of aromatic nitrogens is 3. The lowest BCUT2D eigenvalue weighted by molar-refractivity contribution is -0.116. The molecule has 2 aliphatic rings. The van der Waals surface area contributed by atoms with Gasteiger partial charge in [0.1, 0.15) is 17.3 Å². The van der Waals surface area contributed by atoms with Crippen LogP contribution in [0, 0.1) is 0 Å². The number of imide groups is 1. The van der Waals surface area contributed by atoms with E-state index in [2.05, 4.69) is 36.7 Å². The van der Waals surface area contributed by atoms with Gasteiger partial charge in [-0.1, -0.05) is 6.07 Å². The van der Waals surface area contributed by atoms with Gasteiger partial charge in [-0.2, -0.15) is 9.61 Å². The number of hydrogen-bond acceptors (Lipinski definition) is 7. The molecule has 4 amide bonds. The van der Waals surface area contributed by atoms with Gasteiger partial charge in [-0.25, -0.2) is 9.78 Å². The van der Waals surface area contributed by atoms with Crippen LogP contribution in [-0.4, -0.2) is 38.5 Å². The molecule has 5 rings (SSSR count). The van der Waals surface area contributed by atoms with Crippen LogP contribution in [0.5, 0.6) is 0 Å². The second kappa shape index (κ2) is 7.69. The van der Waals surface area contributed by atoms with E-state index in [1.807, 2.05) is 18.2 Å². The van der Waals surface area contributed by atoms with E-state index in [0.29, 0.717) is 28.8 Å². The predicted molar refractivity (Wildman–Crippen MR) is 118 cm³/mol. The van der Waals surface area contributed by atoms with Crippen molar-refractivity contribution in [3.05, 3.63) is 47.8 Å². The van der Waals surface area contributed by atoms with Crippen LogP contribution in [0.15, 0.2) is 42.2 Å². The molecule has 0 radical (unpaired) electrons. The first-order valence-corrected chi connectivity index (χ1v) is 10.1. The van der Waals surface area contributed by atoms with Crippen molar-refractivity contribution in [1.29, 1.82) is 0 Å². The van der Waals surface area contributed by atoms with Crippen LogP contribution in [0.2, 0.25) is 0 Å². The third-order valence-corrected chi connectivity index (χ3v) is 4.90. The molecule has 2 aromatic heterocycles. The third kappa shape index (κ3) is 4.08. The molecule has 1 aromatic carbocycles. The van der Waals surface area contributed by atoms with Crippen LogP contribution in [0.25, 0.3) is 11.7 Å². The van der Waals surface area contributed by atoms with Gasteiger partial charge in [-0.15, -0.1) is 0 Å². The molecule has 11 nitrogen and oxygen atoms in total. The van der Waals surface area contributed by atoms with Gasteiger partial charge in [0.15, 0.2) is 5.65 Å². The standard InChI is InChI=1S/C21H20N8O3/c1-11(30)23-14-3-2-4-15(8-14)24-17-9-18(25-13-5-6-13)29-19(27-17)12(10-22-29)7-16-20(31)28-21(32)26-16/h2-4,7-10,13,25H,5-6H2,1H3,(H,23,30)(H,24,27)(H2,26,28,31,32). The smallest absolute Gasteiger partial charge is 0.326 e. The zero-order valence-corrected chi connectivity index (χ0v) is 17.1. The van der Waals surface area contributed by atoms with Crippen LogP contribution in [-0.2, 0) is 9.59 Å². The van der Waals surface area contributed by atoms with Crippen molar-refractivity contribution in [3.63, 3.8) is 0 Å². The van der Waals surface area contributed by atoms with E-state index in [9.17, 15) is 14.4 Å². The average molecular weight is 432 g/mol. The van der Waals surface area contributed by atoms with Gasteiger partial charge in [0, 0.05) is 36.0 Å². The fourth-order valence-corrected chi connectivity index (χ4v) is 3.35. The zero-order chi connectivity index (χ0) is 22.2. The Hall–Kier alpha value is -4.41. The number of hydrogen-bond donors (Lipinski definition) is 5. The Morgan fingerprint density at radius 2 is 2.00 bits per heavy atom. The highest BCUT2D eigenvalue weighted by molar-refractivity contribution is 6.14. The van der Waals surface area contributed by atoms with Crippen molar-refractivity contribution < 1.29 is 14.4 Å². The molecule has 162 valence electrons. The van der Waals surface area contributed by atoms with Crippen LogP contribution >= 0.6 is 0 Å². The Labute approximate surface area is 182 Å². The molecule has 0 atom stereocenters. The molecule has 1 aliphatic heterocycles. The summed E-state index contributed by atoms with van der Waals surface area (Å²) in [7, 11) is 0. The van der Waals surface area contributed by atoms with Gasteiger partial charge in [0.2, 0.25) is 5.91 Å². The monoisotopic (exact) mass is 432 g/mol. The SMILES string of the molecule is CC(=O)Nc1cccc(Nc2cc(NC3CC3)n3ncc(C=C4NC(=O)NC4=O)c3n2)c1.